The Labute approximate surface area is 412 Å². The van der Waals surface area contributed by atoms with Gasteiger partial charge in [-0.25, -0.2) is 0 Å². The zero-order chi connectivity index (χ0) is 46.9. The van der Waals surface area contributed by atoms with E-state index < -0.39 is 0 Å². The fraction of sp³-hybridized carbons (Fsp3) is 0. The first-order chi connectivity index (χ1) is 34.8. The van der Waals surface area contributed by atoms with Crippen LogP contribution in [0.1, 0.15) is 0 Å². The summed E-state index contributed by atoms with van der Waals surface area (Å²) < 4.78 is 0. The average molecular weight is 891 g/mol. The molecule has 12 aromatic carbocycles. The Kier molecular flexibility index (Phi) is 12.7. The van der Waals surface area contributed by atoms with Gasteiger partial charge in [0.2, 0.25) is 0 Å². The van der Waals surface area contributed by atoms with Crippen LogP contribution in [0.15, 0.2) is 303 Å². The monoisotopic (exact) mass is 890 g/mol. The SMILES string of the molecule is c1ccc(-c2c(-c3ccccc3)c(-c3ccccc3)c3ccccc3c2-c2ccccc2)cc1.c1ccc(-c2ccc(-c3c(-c4ccccc4)cc(-c4ccccc4)cc3-c3ccccc3)cc2)cc1. The smallest absolute Gasteiger partial charge is 0.00141 e. The minimum Gasteiger partial charge on any atom is -0.0622 e. The molecule has 0 N–H and O–H groups in total. The van der Waals surface area contributed by atoms with E-state index in [9.17, 15) is 0 Å². The molecular weight excluding hydrogens is 841 g/mol. The van der Waals surface area contributed by atoms with Gasteiger partial charge in [0.25, 0.3) is 0 Å². The van der Waals surface area contributed by atoms with E-state index in [1.54, 1.807) is 0 Å². The molecule has 12 rings (SSSR count). The zero-order valence-electron chi connectivity index (χ0n) is 38.9. The molecule has 0 fully saturated rings. The topological polar surface area (TPSA) is 0 Å². The number of fused-ring (bicyclic) bond motifs is 1. The quantitative estimate of drug-likeness (QED) is 0.135. The predicted molar refractivity (Wildman–Crippen MR) is 299 cm³/mol. The van der Waals surface area contributed by atoms with E-state index in [0.29, 0.717) is 0 Å². The molecule has 0 saturated heterocycles. The number of rotatable bonds is 9. The van der Waals surface area contributed by atoms with Crippen LogP contribution < -0.4 is 0 Å². The molecule has 330 valence electrons. The van der Waals surface area contributed by atoms with Gasteiger partial charge in [0.1, 0.15) is 0 Å². The maximum absolute atomic E-state index is 2.34. The molecule has 0 atom stereocenters. The van der Waals surface area contributed by atoms with Gasteiger partial charge in [-0.3, -0.25) is 0 Å². The van der Waals surface area contributed by atoms with Gasteiger partial charge in [-0.1, -0.05) is 291 Å². The number of benzene rings is 12. The van der Waals surface area contributed by atoms with Crippen molar-refractivity contribution in [1.82, 2.24) is 0 Å². The fourth-order valence-corrected chi connectivity index (χ4v) is 9.94. The highest BCUT2D eigenvalue weighted by Gasteiger charge is 2.24. The summed E-state index contributed by atoms with van der Waals surface area (Å²) in [5.74, 6) is 0. The van der Waals surface area contributed by atoms with Crippen molar-refractivity contribution < 1.29 is 0 Å². The van der Waals surface area contributed by atoms with Gasteiger partial charge >= 0.3 is 0 Å². The summed E-state index contributed by atoms with van der Waals surface area (Å²) in [5, 5.41) is 2.54. The first-order valence-corrected chi connectivity index (χ1v) is 24.1. The Morgan fingerprint density at radius 3 is 0.671 bits per heavy atom. The van der Waals surface area contributed by atoms with Crippen molar-refractivity contribution in [1.29, 1.82) is 0 Å². The molecule has 0 aliphatic rings. The maximum atomic E-state index is 2.34. The van der Waals surface area contributed by atoms with E-state index in [0.717, 1.165) is 0 Å². The molecule has 0 heterocycles. The molecule has 0 nitrogen and oxygen atoms in total. The van der Waals surface area contributed by atoms with E-state index in [-0.39, 0.29) is 0 Å². The molecule has 70 heavy (non-hydrogen) atoms. The van der Waals surface area contributed by atoms with Gasteiger partial charge in [0.15, 0.2) is 0 Å². The van der Waals surface area contributed by atoms with Crippen LogP contribution in [0.5, 0.6) is 0 Å². The Bertz CT molecular complexity index is 3430. The Morgan fingerprint density at radius 2 is 0.343 bits per heavy atom. The Balaban J connectivity index is 0.000000153. The molecule has 0 saturated carbocycles. The van der Waals surface area contributed by atoms with Crippen LogP contribution in [0.2, 0.25) is 0 Å². The van der Waals surface area contributed by atoms with E-state index >= 15 is 0 Å². The summed E-state index contributed by atoms with van der Waals surface area (Å²) in [6, 6.07) is 108. The molecule has 0 unspecified atom stereocenters. The van der Waals surface area contributed by atoms with E-state index in [1.165, 1.54) is 111 Å². The van der Waals surface area contributed by atoms with Gasteiger partial charge < -0.3 is 0 Å². The van der Waals surface area contributed by atoms with Crippen molar-refractivity contribution in [2.45, 2.75) is 0 Å². The van der Waals surface area contributed by atoms with Gasteiger partial charge in [-0.2, -0.15) is 0 Å². The third-order valence-corrected chi connectivity index (χ3v) is 13.2. The second-order valence-corrected chi connectivity index (χ2v) is 17.5. The van der Waals surface area contributed by atoms with Crippen LogP contribution in [-0.4, -0.2) is 0 Å². The van der Waals surface area contributed by atoms with Crippen LogP contribution in [0.3, 0.4) is 0 Å². The molecule has 0 heteroatoms. The molecule has 0 spiro atoms. The van der Waals surface area contributed by atoms with Gasteiger partial charge in [0, 0.05) is 0 Å². The standard InChI is InChI=1S/C36H26.C34H24/c1-5-13-27(14-6-1)29-21-23-32(24-22-29)36-34(30-17-9-3-10-18-30)25-33(28-15-7-2-8-16-28)26-35(36)31-19-11-4-12-20-31;1-5-15-25(16-6-1)31-29-23-13-14-24-30(29)32(26-17-7-2-8-18-26)34(28-21-11-4-12-22-28)33(31)27-19-9-3-10-20-27/h1-26H;1-24H. The predicted octanol–water partition coefficient (Wildman–Crippen LogP) is 19.5. The van der Waals surface area contributed by atoms with Crippen LogP contribution in [0.4, 0.5) is 0 Å². The largest absolute Gasteiger partial charge is 0.0622 e. The van der Waals surface area contributed by atoms with Crippen molar-refractivity contribution >= 4 is 10.8 Å². The van der Waals surface area contributed by atoms with Crippen molar-refractivity contribution in [3.8, 4) is 100 Å². The second kappa shape index (κ2) is 20.4. The third kappa shape index (κ3) is 9.03. The van der Waals surface area contributed by atoms with Crippen LogP contribution in [-0.2, 0) is 0 Å². The van der Waals surface area contributed by atoms with Crippen LogP contribution in [0.25, 0.3) is 111 Å². The summed E-state index contributed by atoms with van der Waals surface area (Å²) in [6.07, 6.45) is 0. The van der Waals surface area contributed by atoms with Gasteiger partial charge in [0.05, 0.1) is 0 Å². The first-order valence-electron chi connectivity index (χ1n) is 24.1. The normalized spacial score (nSPS) is 10.9. The molecular formula is C70H50. The molecule has 0 aromatic heterocycles. The summed E-state index contributed by atoms with van der Waals surface area (Å²) in [5.41, 5.74) is 22.3. The van der Waals surface area contributed by atoms with Crippen LogP contribution >= 0.6 is 0 Å². The molecule has 0 aliphatic carbocycles. The first kappa shape index (κ1) is 43.5. The zero-order valence-corrected chi connectivity index (χ0v) is 38.9. The van der Waals surface area contributed by atoms with Crippen molar-refractivity contribution in [2.75, 3.05) is 0 Å². The van der Waals surface area contributed by atoms with Crippen LogP contribution in [0, 0.1) is 0 Å². The van der Waals surface area contributed by atoms with E-state index in [2.05, 4.69) is 303 Å². The lowest BCUT2D eigenvalue weighted by Gasteiger charge is -2.24. The lowest BCUT2D eigenvalue weighted by molar-refractivity contribution is 1.54. The highest BCUT2D eigenvalue weighted by molar-refractivity contribution is 6.18. The fourth-order valence-electron chi connectivity index (χ4n) is 9.94. The van der Waals surface area contributed by atoms with E-state index in [4.69, 9.17) is 0 Å². The molecule has 0 bridgehead atoms. The highest BCUT2D eigenvalue weighted by atomic mass is 14.3. The summed E-state index contributed by atoms with van der Waals surface area (Å²) >= 11 is 0. The summed E-state index contributed by atoms with van der Waals surface area (Å²) in [7, 11) is 0. The molecule has 0 aliphatic heterocycles. The molecule has 0 radical (unpaired) electrons. The minimum absolute atomic E-state index is 1.21. The maximum Gasteiger partial charge on any atom is -0.00141 e. The third-order valence-electron chi connectivity index (χ3n) is 13.2. The summed E-state index contributed by atoms with van der Waals surface area (Å²) in [6.45, 7) is 0. The lowest BCUT2D eigenvalue weighted by atomic mass is 9.79. The lowest BCUT2D eigenvalue weighted by Crippen LogP contribution is -1.97. The average Bonchev–Trinajstić information content (AvgIpc) is 3.46. The number of hydrogen-bond donors (Lipinski definition) is 0. The van der Waals surface area contributed by atoms with Gasteiger partial charge in [-0.15, -0.1) is 0 Å². The number of hydrogen-bond acceptors (Lipinski definition) is 0. The molecule has 12 aromatic rings. The second-order valence-electron chi connectivity index (χ2n) is 17.5. The van der Waals surface area contributed by atoms with Crippen molar-refractivity contribution in [3.05, 3.63) is 303 Å². The Hall–Kier alpha value is -9.10. The molecule has 0 amide bonds. The highest BCUT2D eigenvalue weighted by Crippen LogP contribution is 2.51. The van der Waals surface area contributed by atoms with Crippen molar-refractivity contribution in [3.63, 3.8) is 0 Å². The van der Waals surface area contributed by atoms with E-state index in [1.807, 2.05) is 0 Å². The Morgan fingerprint density at radius 1 is 0.129 bits per heavy atom. The van der Waals surface area contributed by atoms with Gasteiger partial charge in [-0.05, 0) is 123 Å². The minimum atomic E-state index is 1.21. The summed E-state index contributed by atoms with van der Waals surface area (Å²) in [4.78, 5) is 0. The van der Waals surface area contributed by atoms with Crippen molar-refractivity contribution in [2.24, 2.45) is 0 Å².